The Hall–Kier alpha value is -2.95. The molecule has 2 aromatic carbocycles. The maximum atomic E-state index is 12.4. The van der Waals surface area contributed by atoms with Crippen molar-refractivity contribution in [3.05, 3.63) is 65.7 Å². The van der Waals surface area contributed by atoms with Crippen molar-refractivity contribution in [3.8, 4) is 5.75 Å². The van der Waals surface area contributed by atoms with Crippen molar-refractivity contribution in [3.63, 3.8) is 0 Å². The summed E-state index contributed by atoms with van der Waals surface area (Å²) in [5.41, 5.74) is 6.12. The van der Waals surface area contributed by atoms with E-state index in [0.29, 0.717) is 11.1 Å². The topological polar surface area (TPSA) is 143 Å². The Bertz CT molecular complexity index is 856. The van der Waals surface area contributed by atoms with E-state index in [1.54, 1.807) is 18.2 Å². The number of benzene rings is 2. The van der Waals surface area contributed by atoms with E-state index in [1.807, 2.05) is 0 Å². The van der Waals surface area contributed by atoms with Crippen LogP contribution in [0.4, 0.5) is 0 Å². The minimum absolute atomic E-state index is 0. The van der Waals surface area contributed by atoms with Gasteiger partial charge in [0.05, 0.1) is 6.04 Å². The van der Waals surface area contributed by atoms with Gasteiger partial charge in [-0.3, -0.25) is 15.0 Å². The van der Waals surface area contributed by atoms with E-state index in [1.165, 1.54) is 43.3 Å². The third-order valence-electron chi connectivity index (χ3n) is 3.69. The molecule has 5 N–H and O–H groups in total. The van der Waals surface area contributed by atoms with Gasteiger partial charge in [0.1, 0.15) is 11.6 Å². The van der Waals surface area contributed by atoms with E-state index in [4.69, 9.17) is 15.9 Å². The first kappa shape index (κ1) is 23.1. The molecule has 2 aromatic rings. The predicted molar refractivity (Wildman–Crippen MR) is 113 cm³/mol. The van der Waals surface area contributed by atoms with Gasteiger partial charge >= 0.3 is 5.97 Å². The van der Waals surface area contributed by atoms with Crippen LogP contribution in [0.2, 0.25) is 0 Å². The molecule has 0 saturated carbocycles. The number of nitrogens with two attached hydrogens (primary N) is 1. The molecule has 148 valence electrons. The van der Waals surface area contributed by atoms with E-state index in [2.05, 4.69) is 5.32 Å². The highest BCUT2D eigenvalue weighted by Gasteiger charge is 2.31. The number of ether oxygens (including phenoxy) is 1. The highest BCUT2D eigenvalue weighted by molar-refractivity contribution is 14.0. The zero-order valence-corrected chi connectivity index (χ0v) is 17.2. The number of amidine groups is 1. The Morgan fingerprint density at radius 3 is 2.07 bits per heavy atom. The molecule has 0 spiro atoms. The van der Waals surface area contributed by atoms with Gasteiger partial charge in [-0.1, -0.05) is 42.5 Å². The fourth-order valence-electron chi connectivity index (χ4n) is 2.27. The van der Waals surface area contributed by atoms with E-state index < -0.39 is 29.8 Å². The molecular weight excluding hydrogens is 477 g/mol. The van der Waals surface area contributed by atoms with E-state index in [0.717, 1.165) is 0 Å². The smallest absolute Gasteiger partial charge is 0.354 e. The normalized spacial score (nSPS) is 12.0. The number of Topliss-reactive ketones (excluding diaryl/α,β-unsaturated/α-hetero) is 1. The summed E-state index contributed by atoms with van der Waals surface area (Å²) in [6.45, 7) is 1.44. The average Bonchev–Trinajstić information content (AvgIpc) is 2.66. The Labute approximate surface area is 178 Å². The van der Waals surface area contributed by atoms with Crippen molar-refractivity contribution in [2.45, 2.75) is 19.1 Å². The quantitative estimate of drug-likeness (QED) is 0.144. The Kier molecular flexibility index (Phi) is 8.58. The molecule has 1 amide bonds. The summed E-state index contributed by atoms with van der Waals surface area (Å²) in [5, 5.41) is 18.9. The molecule has 0 radical (unpaired) electrons. The summed E-state index contributed by atoms with van der Waals surface area (Å²) >= 11 is 0. The molecule has 0 aliphatic rings. The first-order valence-electron chi connectivity index (χ1n) is 8.03. The average molecular weight is 497 g/mol. The number of rotatable bonds is 8. The number of halogens is 1. The minimum Gasteiger partial charge on any atom is -0.478 e. The number of carboxylic acids is 1. The summed E-state index contributed by atoms with van der Waals surface area (Å²) in [6.07, 6.45) is -1.79. The van der Waals surface area contributed by atoms with Crippen LogP contribution in [0.25, 0.3) is 0 Å². The number of amides is 1. The van der Waals surface area contributed by atoms with Gasteiger partial charge in [0, 0.05) is 11.1 Å². The monoisotopic (exact) mass is 497 g/mol. The molecule has 8 nitrogen and oxygen atoms in total. The van der Waals surface area contributed by atoms with Gasteiger partial charge in [-0.2, -0.15) is 0 Å². The standard InChI is InChI=1S/C19H19N3O5.HI/c1-11(15(23)12-7-9-13(10-8-12)17(20)21)22-18(24)16(19(25)26)27-14-5-3-2-4-6-14;/h2-11,16H,1H3,(H3,20,21)(H,22,24)(H,25,26);1H. The van der Waals surface area contributed by atoms with Crippen LogP contribution < -0.4 is 15.8 Å². The number of carbonyl (C=O) groups is 3. The van der Waals surface area contributed by atoms with Gasteiger partial charge in [-0.05, 0) is 19.1 Å². The van der Waals surface area contributed by atoms with Gasteiger partial charge < -0.3 is 20.9 Å². The minimum atomic E-state index is -1.79. The van der Waals surface area contributed by atoms with Gasteiger partial charge in [0.25, 0.3) is 12.0 Å². The van der Waals surface area contributed by atoms with Crippen molar-refractivity contribution >= 4 is 47.5 Å². The predicted octanol–water partition coefficient (Wildman–Crippen LogP) is 1.81. The van der Waals surface area contributed by atoms with E-state index in [9.17, 15) is 19.5 Å². The number of aliphatic carboxylic acids is 1. The molecule has 0 fully saturated rings. The molecule has 0 aliphatic carbocycles. The molecule has 2 unspecified atom stereocenters. The Morgan fingerprint density at radius 2 is 1.57 bits per heavy atom. The number of para-hydroxylation sites is 1. The van der Waals surface area contributed by atoms with Gasteiger partial charge in [0.2, 0.25) is 0 Å². The van der Waals surface area contributed by atoms with E-state index in [-0.39, 0.29) is 35.6 Å². The maximum absolute atomic E-state index is 12.4. The Balaban J connectivity index is 0.00000392. The van der Waals surface area contributed by atoms with Crippen molar-refractivity contribution in [1.82, 2.24) is 5.32 Å². The van der Waals surface area contributed by atoms with Crippen LogP contribution in [0.15, 0.2) is 54.6 Å². The lowest BCUT2D eigenvalue weighted by atomic mass is 10.0. The van der Waals surface area contributed by atoms with Gasteiger partial charge in [-0.25, -0.2) is 4.79 Å². The second-order valence-electron chi connectivity index (χ2n) is 5.73. The molecule has 2 atom stereocenters. The highest BCUT2D eigenvalue weighted by atomic mass is 127. The molecule has 0 bridgehead atoms. The fraction of sp³-hybridized carbons (Fsp3) is 0.158. The highest BCUT2D eigenvalue weighted by Crippen LogP contribution is 2.12. The second-order valence-corrected chi connectivity index (χ2v) is 5.73. The summed E-state index contributed by atoms with van der Waals surface area (Å²) < 4.78 is 5.21. The van der Waals surface area contributed by atoms with Crippen LogP contribution in [0.5, 0.6) is 5.75 Å². The third-order valence-corrected chi connectivity index (χ3v) is 3.69. The molecule has 0 aromatic heterocycles. The first-order valence-corrected chi connectivity index (χ1v) is 8.03. The molecular formula is C19H20IN3O5. The summed E-state index contributed by atoms with van der Waals surface area (Å²) in [7, 11) is 0. The molecule has 0 heterocycles. The molecule has 0 aliphatic heterocycles. The number of hydrogen-bond acceptors (Lipinski definition) is 5. The van der Waals surface area contributed by atoms with Crippen LogP contribution >= 0.6 is 24.0 Å². The molecule has 2 rings (SSSR count). The largest absolute Gasteiger partial charge is 0.478 e. The van der Waals surface area contributed by atoms with Crippen LogP contribution in [0.3, 0.4) is 0 Å². The number of hydrogen-bond donors (Lipinski definition) is 4. The zero-order valence-electron chi connectivity index (χ0n) is 14.9. The zero-order chi connectivity index (χ0) is 20.0. The SMILES string of the molecule is CC(NC(=O)C(Oc1ccccc1)C(=O)O)C(=O)c1ccc(C(=N)N)cc1.I. The molecule has 28 heavy (non-hydrogen) atoms. The van der Waals surface area contributed by atoms with Crippen molar-refractivity contribution in [2.24, 2.45) is 5.73 Å². The number of ketones is 1. The molecule has 0 saturated heterocycles. The van der Waals surface area contributed by atoms with Crippen molar-refractivity contribution in [1.29, 1.82) is 5.41 Å². The summed E-state index contributed by atoms with van der Waals surface area (Å²) in [4.78, 5) is 36.1. The number of nitrogen functional groups attached to an aromatic ring is 1. The number of carbonyl (C=O) groups excluding carboxylic acids is 2. The van der Waals surface area contributed by atoms with Crippen molar-refractivity contribution in [2.75, 3.05) is 0 Å². The lowest BCUT2D eigenvalue weighted by Crippen LogP contribution is -2.49. The van der Waals surface area contributed by atoms with E-state index >= 15 is 0 Å². The summed E-state index contributed by atoms with van der Waals surface area (Å²) in [6, 6.07) is 13.1. The van der Waals surface area contributed by atoms with Crippen molar-refractivity contribution < 1.29 is 24.2 Å². The Morgan fingerprint density at radius 1 is 1.04 bits per heavy atom. The third kappa shape index (κ3) is 6.05. The first-order chi connectivity index (χ1) is 12.8. The van der Waals surface area contributed by atoms with Crippen LogP contribution in [-0.2, 0) is 9.59 Å². The molecule has 9 heteroatoms. The summed E-state index contributed by atoms with van der Waals surface area (Å²) in [5.74, 6) is -2.73. The van der Waals surface area contributed by atoms with Gasteiger partial charge in [-0.15, -0.1) is 24.0 Å². The second kappa shape index (κ2) is 10.4. The number of nitrogens with one attached hydrogen (secondary N) is 2. The van der Waals surface area contributed by atoms with Crippen LogP contribution in [0, 0.1) is 5.41 Å². The fourth-order valence-corrected chi connectivity index (χ4v) is 2.27. The van der Waals surface area contributed by atoms with Gasteiger partial charge in [0.15, 0.2) is 5.78 Å². The number of carboxylic acid groups (broad SMARTS) is 1. The van der Waals surface area contributed by atoms with Crippen LogP contribution in [0.1, 0.15) is 22.8 Å². The maximum Gasteiger partial charge on any atom is 0.354 e. The van der Waals surface area contributed by atoms with Crippen LogP contribution in [-0.4, -0.2) is 40.7 Å². The lowest BCUT2D eigenvalue weighted by Gasteiger charge is -2.18. The lowest BCUT2D eigenvalue weighted by molar-refractivity contribution is -0.151.